The van der Waals surface area contributed by atoms with Crippen molar-refractivity contribution in [2.24, 2.45) is 0 Å². The number of rotatable bonds is 7. The zero-order valence-electron chi connectivity index (χ0n) is 10.9. The molecule has 0 atom stereocenters. The SMILES string of the molecule is COCCN(C)CC(=O)c1ccc(OC)c(F)c1. The first-order valence-electron chi connectivity index (χ1n) is 5.62. The molecule has 0 amide bonds. The molecule has 0 radical (unpaired) electrons. The van der Waals surface area contributed by atoms with Crippen LogP contribution in [0.1, 0.15) is 10.4 Å². The van der Waals surface area contributed by atoms with E-state index in [1.165, 1.54) is 19.2 Å². The van der Waals surface area contributed by atoms with E-state index in [2.05, 4.69) is 0 Å². The van der Waals surface area contributed by atoms with E-state index in [1.54, 1.807) is 13.2 Å². The van der Waals surface area contributed by atoms with E-state index in [9.17, 15) is 9.18 Å². The molecule has 0 aliphatic heterocycles. The summed E-state index contributed by atoms with van der Waals surface area (Å²) in [5, 5.41) is 0. The standard InChI is InChI=1S/C13H18FNO3/c1-15(6-7-17-2)9-12(16)10-4-5-13(18-3)11(14)8-10/h4-5,8H,6-7,9H2,1-3H3. The molecule has 1 aromatic carbocycles. The van der Waals surface area contributed by atoms with E-state index < -0.39 is 5.82 Å². The number of halogens is 1. The van der Waals surface area contributed by atoms with Crippen molar-refractivity contribution in [3.05, 3.63) is 29.6 Å². The first-order chi connectivity index (χ1) is 8.58. The van der Waals surface area contributed by atoms with Crippen molar-refractivity contribution in [3.63, 3.8) is 0 Å². The highest BCUT2D eigenvalue weighted by Gasteiger charge is 2.12. The van der Waals surface area contributed by atoms with Crippen molar-refractivity contribution in [3.8, 4) is 5.75 Å². The van der Waals surface area contributed by atoms with Crippen LogP contribution in [0.5, 0.6) is 5.75 Å². The van der Waals surface area contributed by atoms with Gasteiger partial charge in [-0.3, -0.25) is 9.69 Å². The Morgan fingerprint density at radius 2 is 2.11 bits per heavy atom. The van der Waals surface area contributed by atoms with Crippen molar-refractivity contribution >= 4 is 5.78 Å². The molecule has 0 fully saturated rings. The van der Waals surface area contributed by atoms with Crippen molar-refractivity contribution in [1.82, 2.24) is 4.90 Å². The van der Waals surface area contributed by atoms with E-state index >= 15 is 0 Å². The third-order valence-corrected chi connectivity index (χ3v) is 2.56. The average molecular weight is 255 g/mol. The van der Waals surface area contributed by atoms with Crippen LogP contribution in [0.4, 0.5) is 4.39 Å². The van der Waals surface area contributed by atoms with Gasteiger partial charge in [-0.05, 0) is 25.2 Å². The topological polar surface area (TPSA) is 38.8 Å². The van der Waals surface area contributed by atoms with E-state index in [0.717, 1.165) is 0 Å². The maximum atomic E-state index is 13.4. The van der Waals surface area contributed by atoms with Gasteiger partial charge in [-0.2, -0.15) is 0 Å². The highest BCUT2D eigenvalue weighted by Crippen LogP contribution is 2.18. The van der Waals surface area contributed by atoms with Crippen molar-refractivity contribution in [2.45, 2.75) is 0 Å². The number of likely N-dealkylation sites (N-methyl/N-ethyl adjacent to an activating group) is 1. The van der Waals surface area contributed by atoms with Gasteiger partial charge in [0, 0.05) is 19.2 Å². The molecule has 4 nitrogen and oxygen atoms in total. The van der Waals surface area contributed by atoms with Crippen LogP contribution in [0, 0.1) is 5.82 Å². The van der Waals surface area contributed by atoms with Gasteiger partial charge in [0.05, 0.1) is 20.3 Å². The number of carbonyl (C=O) groups excluding carboxylic acids is 1. The van der Waals surface area contributed by atoms with Gasteiger partial charge in [0.1, 0.15) is 0 Å². The van der Waals surface area contributed by atoms with Gasteiger partial charge >= 0.3 is 0 Å². The fourth-order valence-corrected chi connectivity index (χ4v) is 1.50. The summed E-state index contributed by atoms with van der Waals surface area (Å²) in [5.74, 6) is -0.516. The monoisotopic (exact) mass is 255 g/mol. The highest BCUT2D eigenvalue weighted by molar-refractivity contribution is 5.97. The molecule has 0 spiro atoms. The molecule has 1 aromatic rings. The predicted octanol–water partition coefficient (Wildman–Crippen LogP) is 1.60. The van der Waals surface area contributed by atoms with Gasteiger partial charge < -0.3 is 9.47 Å². The molecule has 0 saturated heterocycles. The van der Waals surface area contributed by atoms with Gasteiger partial charge in [0.25, 0.3) is 0 Å². The normalized spacial score (nSPS) is 10.7. The van der Waals surface area contributed by atoms with Gasteiger partial charge in [-0.15, -0.1) is 0 Å². The molecule has 0 heterocycles. The third-order valence-electron chi connectivity index (χ3n) is 2.56. The van der Waals surface area contributed by atoms with E-state index in [0.29, 0.717) is 18.7 Å². The smallest absolute Gasteiger partial charge is 0.176 e. The Hall–Kier alpha value is -1.46. The lowest BCUT2D eigenvalue weighted by molar-refractivity contribution is 0.0922. The summed E-state index contributed by atoms with van der Waals surface area (Å²) in [6.07, 6.45) is 0. The summed E-state index contributed by atoms with van der Waals surface area (Å²) < 4.78 is 23.2. The largest absolute Gasteiger partial charge is 0.494 e. The zero-order valence-corrected chi connectivity index (χ0v) is 10.9. The molecular weight excluding hydrogens is 237 g/mol. The number of ether oxygens (including phenoxy) is 2. The number of benzene rings is 1. The van der Waals surface area contributed by atoms with Crippen molar-refractivity contribution in [2.75, 3.05) is 41.0 Å². The number of nitrogens with zero attached hydrogens (tertiary/aromatic N) is 1. The van der Waals surface area contributed by atoms with Crippen molar-refractivity contribution < 1.29 is 18.7 Å². The Bertz CT molecular complexity index is 409. The van der Waals surface area contributed by atoms with Crippen LogP contribution in [0.2, 0.25) is 0 Å². The van der Waals surface area contributed by atoms with Crippen LogP contribution in [-0.4, -0.2) is 51.6 Å². The molecule has 0 N–H and O–H groups in total. The number of hydrogen-bond acceptors (Lipinski definition) is 4. The number of carbonyl (C=O) groups is 1. The fraction of sp³-hybridized carbons (Fsp3) is 0.462. The average Bonchev–Trinajstić information content (AvgIpc) is 2.36. The van der Waals surface area contributed by atoms with Crippen LogP contribution < -0.4 is 4.74 Å². The predicted molar refractivity (Wildman–Crippen MR) is 66.7 cm³/mol. The maximum Gasteiger partial charge on any atom is 0.176 e. The lowest BCUT2D eigenvalue weighted by atomic mass is 10.1. The summed E-state index contributed by atoms with van der Waals surface area (Å²) in [4.78, 5) is 13.7. The molecule has 0 bridgehead atoms. The quantitative estimate of drug-likeness (QED) is 0.694. The first-order valence-corrected chi connectivity index (χ1v) is 5.62. The van der Waals surface area contributed by atoms with Crippen LogP contribution in [-0.2, 0) is 4.74 Å². The number of ketones is 1. The molecule has 0 aromatic heterocycles. The molecule has 1 rings (SSSR count). The number of Topliss-reactive ketones (excluding diaryl/α,β-unsaturated/α-hetero) is 1. The van der Waals surface area contributed by atoms with E-state index in [4.69, 9.17) is 9.47 Å². The van der Waals surface area contributed by atoms with Crippen LogP contribution >= 0.6 is 0 Å². The molecule has 0 aliphatic carbocycles. The second-order valence-electron chi connectivity index (χ2n) is 4.00. The molecule has 100 valence electrons. The Kier molecular flexibility index (Phi) is 5.74. The molecular formula is C13H18FNO3. The molecule has 0 saturated carbocycles. The Morgan fingerprint density at radius 3 is 2.67 bits per heavy atom. The second kappa shape index (κ2) is 7.08. The van der Waals surface area contributed by atoms with Gasteiger partial charge in [-0.25, -0.2) is 4.39 Å². The highest BCUT2D eigenvalue weighted by atomic mass is 19.1. The molecule has 18 heavy (non-hydrogen) atoms. The van der Waals surface area contributed by atoms with Gasteiger partial charge in [0.2, 0.25) is 0 Å². The minimum absolute atomic E-state index is 0.129. The number of methoxy groups -OCH3 is 2. The molecule has 0 aliphatic rings. The Labute approximate surface area is 106 Å². The van der Waals surface area contributed by atoms with Crippen LogP contribution in [0.15, 0.2) is 18.2 Å². The fourth-order valence-electron chi connectivity index (χ4n) is 1.50. The summed E-state index contributed by atoms with van der Waals surface area (Å²) in [5.41, 5.74) is 0.345. The lowest BCUT2D eigenvalue weighted by Gasteiger charge is -2.15. The van der Waals surface area contributed by atoms with Crippen molar-refractivity contribution in [1.29, 1.82) is 0 Å². The summed E-state index contributed by atoms with van der Waals surface area (Å²) in [6, 6.07) is 4.22. The summed E-state index contributed by atoms with van der Waals surface area (Å²) in [6.45, 7) is 1.44. The third kappa shape index (κ3) is 4.09. The minimum atomic E-state index is -0.525. The Morgan fingerprint density at radius 1 is 1.39 bits per heavy atom. The Balaban J connectivity index is 2.64. The van der Waals surface area contributed by atoms with E-state index in [-0.39, 0.29) is 18.1 Å². The number of hydrogen-bond donors (Lipinski definition) is 0. The summed E-state index contributed by atoms with van der Waals surface area (Å²) in [7, 11) is 4.81. The van der Waals surface area contributed by atoms with Crippen LogP contribution in [0.3, 0.4) is 0 Å². The molecule has 0 unspecified atom stereocenters. The van der Waals surface area contributed by atoms with E-state index in [1.807, 2.05) is 11.9 Å². The minimum Gasteiger partial charge on any atom is -0.494 e. The lowest BCUT2D eigenvalue weighted by Crippen LogP contribution is -2.29. The first kappa shape index (κ1) is 14.6. The van der Waals surface area contributed by atoms with Crippen LogP contribution in [0.25, 0.3) is 0 Å². The molecule has 5 heteroatoms. The van der Waals surface area contributed by atoms with Gasteiger partial charge in [0.15, 0.2) is 17.3 Å². The zero-order chi connectivity index (χ0) is 13.5. The second-order valence-corrected chi connectivity index (χ2v) is 4.00. The van der Waals surface area contributed by atoms with Gasteiger partial charge in [-0.1, -0.05) is 0 Å². The maximum absolute atomic E-state index is 13.4. The summed E-state index contributed by atoms with van der Waals surface area (Å²) >= 11 is 0.